The van der Waals surface area contributed by atoms with Crippen molar-refractivity contribution in [2.24, 2.45) is 0 Å². The fourth-order valence-corrected chi connectivity index (χ4v) is 1.25. The summed E-state index contributed by atoms with van der Waals surface area (Å²) < 4.78 is 12.9. The molecule has 13 heavy (non-hydrogen) atoms. The molecule has 0 saturated carbocycles. The van der Waals surface area contributed by atoms with Crippen LogP contribution in [0.3, 0.4) is 0 Å². The molecule has 0 fully saturated rings. The Bertz CT molecular complexity index is 264. The molecule has 0 heterocycles. The Morgan fingerprint density at radius 1 is 1.08 bits per heavy atom. The summed E-state index contributed by atoms with van der Waals surface area (Å²) in [6, 6.07) is 7.74. The average molecular weight is 180 g/mol. The first-order valence-electron chi connectivity index (χ1n) is 4.66. The fraction of sp³-hybridized carbons (Fsp3) is 0.500. The predicted octanol–water partition coefficient (Wildman–Crippen LogP) is 4.01. The summed E-state index contributed by atoms with van der Waals surface area (Å²) in [5.41, 5.74) is 2.16. The highest BCUT2D eigenvalue weighted by Gasteiger charge is 2.13. The average Bonchev–Trinajstić information content (AvgIpc) is 2.03. The molecule has 1 aromatic rings. The molecule has 0 bridgehead atoms. The Labute approximate surface area is 79.8 Å². The lowest BCUT2D eigenvalue weighted by atomic mass is 9.86. The molecule has 0 aliphatic carbocycles. The van der Waals surface area contributed by atoms with Gasteiger partial charge in [0.2, 0.25) is 0 Å². The Morgan fingerprint density at radius 3 is 1.85 bits per heavy atom. The van der Waals surface area contributed by atoms with Gasteiger partial charge >= 0.3 is 0 Å². The van der Waals surface area contributed by atoms with Crippen LogP contribution < -0.4 is 0 Å². The number of rotatable bonds is 1. The van der Waals surface area contributed by atoms with E-state index >= 15 is 0 Å². The molecule has 0 aliphatic rings. The van der Waals surface area contributed by atoms with Gasteiger partial charge in [-0.2, -0.15) is 0 Å². The van der Waals surface area contributed by atoms with Gasteiger partial charge < -0.3 is 0 Å². The molecule has 0 radical (unpaired) electrons. The smallest absolute Gasteiger partial charge is 0.122 e. The van der Waals surface area contributed by atoms with Crippen LogP contribution in [0.25, 0.3) is 0 Å². The zero-order valence-corrected chi connectivity index (χ0v) is 8.76. The first-order chi connectivity index (χ1) is 5.91. The van der Waals surface area contributed by atoms with Gasteiger partial charge in [0.1, 0.15) is 6.17 Å². The van der Waals surface area contributed by atoms with Crippen LogP contribution in [0.15, 0.2) is 24.3 Å². The van der Waals surface area contributed by atoms with E-state index in [0.29, 0.717) is 0 Å². The molecule has 0 saturated heterocycles. The van der Waals surface area contributed by atoms with Crippen LogP contribution in [0.5, 0.6) is 0 Å². The van der Waals surface area contributed by atoms with E-state index in [9.17, 15) is 4.39 Å². The molecule has 1 heteroatoms. The number of hydrogen-bond acceptors (Lipinski definition) is 0. The highest BCUT2D eigenvalue weighted by atomic mass is 19.1. The summed E-state index contributed by atoms with van der Waals surface area (Å²) in [5.74, 6) is 0. The highest BCUT2D eigenvalue weighted by molar-refractivity contribution is 5.28. The van der Waals surface area contributed by atoms with Gasteiger partial charge in [0.25, 0.3) is 0 Å². The molecule has 0 aliphatic heterocycles. The summed E-state index contributed by atoms with van der Waals surface area (Å²) in [6.07, 6.45) is -0.867. The zero-order chi connectivity index (χ0) is 10.1. The summed E-state index contributed by atoms with van der Waals surface area (Å²) in [7, 11) is 0. The number of alkyl halides is 1. The van der Waals surface area contributed by atoms with Gasteiger partial charge in [0.15, 0.2) is 0 Å². The Hall–Kier alpha value is -0.850. The van der Waals surface area contributed by atoms with Gasteiger partial charge in [-0.05, 0) is 23.5 Å². The van der Waals surface area contributed by atoms with Crippen LogP contribution in [0.1, 0.15) is 45.0 Å². The first kappa shape index (κ1) is 10.2. The molecule has 1 atom stereocenters. The maximum Gasteiger partial charge on any atom is 0.122 e. The molecular weight excluding hydrogens is 163 g/mol. The van der Waals surface area contributed by atoms with Crippen molar-refractivity contribution in [2.45, 2.75) is 39.3 Å². The maximum atomic E-state index is 12.9. The summed E-state index contributed by atoms with van der Waals surface area (Å²) in [4.78, 5) is 0. The lowest BCUT2D eigenvalue weighted by molar-refractivity contribution is 0.374. The molecule has 1 aromatic carbocycles. The van der Waals surface area contributed by atoms with Crippen molar-refractivity contribution in [3.8, 4) is 0 Å². The predicted molar refractivity (Wildman–Crippen MR) is 54.7 cm³/mol. The fourth-order valence-electron chi connectivity index (χ4n) is 1.25. The van der Waals surface area contributed by atoms with E-state index in [-0.39, 0.29) is 5.41 Å². The van der Waals surface area contributed by atoms with Crippen molar-refractivity contribution >= 4 is 0 Å². The quantitative estimate of drug-likeness (QED) is 0.612. The minimum Gasteiger partial charge on any atom is -0.243 e. The van der Waals surface area contributed by atoms with E-state index in [2.05, 4.69) is 20.8 Å². The van der Waals surface area contributed by atoms with Gasteiger partial charge in [-0.25, -0.2) is 4.39 Å². The number of halogens is 1. The van der Waals surface area contributed by atoms with E-state index in [0.717, 1.165) is 5.56 Å². The van der Waals surface area contributed by atoms with E-state index < -0.39 is 6.17 Å². The van der Waals surface area contributed by atoms with E-state index in [1.54, 1.807) is 6.92 Å². The topological polar surface area (TPSA) is 0 Å². The third-order valence-electron chi connectivity index (χ3n) is 2.24. The normalized spacial score (nSPS) is 14.2. The van der Waals surface area contributed by atoms with Crippen LogP contribution in [0, 0.1) is 0 Å². The van der Waals surface area contributed by atoms with E-state index in [1.165, 1.54) is 5.56 Å². The standard InChI is InChI=1S/C12H17F/c1-9(13)10-5-7-11(8-6-10)12(2,3)4/h5-9H,1-4H3. The van der Waals surface area contributed by atoms with Crippen molar-refractivity contribution in [1.82, 2.24) is 0 Å². The molecule has 1 rings (SSSR count). The van der Waals surface area contributed by atoms with Crippen molar-refractivity contribution in [3.63, 3.8) is 0 Å². The lowest BCUT2D eigenvalue weighted by Crippen LogP contribution is -2.10. The third kappa shape index (κ3) is 2.55. The zero-order valence-electron chi connectivity index (χ0n) is 8.76. The maximum absolute atomic E-state index is 12.9. The van der Waals surface area contributed by atoms with Gasteiger partial charge in [0.05, 0.1) is 0 Å². The lowest BCUT2D eigenvalue weighted by Gasteiger charge is -2.19. The minimum absolute atomic E-state index is 0.151. The summed E-state index contributed by atoms with van der Waals surface area (Å²) in [5, 5.41) is 0. The third-order valence-corrected chi connectivity index (χ3v) is 2.24. The summed E-state index contributed by atoms with van der Waals surface area (Å²) in [6.45, 7) is 8.02. The Balaban J connectivity index is 2.94. The second-order valence-electron chi connectivity index (χ2n) is 4.49. The Kier molecular flexibility index (Phi) is 2.74. The first-order valence-corrected chi connectivity index (χ1v) is 4.66. The molecular formula is C12H17F. The highest BCUT2D eigenvalue weighted by Crippen LogP contribution is 2.24. The van der Waals surface area contributed by atoms with Gasteiger partial charge in [-0.15, -0.1) is 0 Å². The SMILES string of the molecule is CC(F)c1ccc(C(C)(C)C)cc1. The monoisotopic (exact) mass is 180 g/mol. The Morgan fingerprint density at radius 2 is 1.54 bits per heavy atom. The molecule has 0 spiro atoms. The summed E-state index contributed by atoms with van der Waals surface area (Å²) >= 11 is 0. The molecule has 0 aromatic heterocycles. The van der Waals surface area contributed by atoms with Crippen molar-refractivity contribution in [2.75, 3.05) is 0 Å². The second kappa shape index (κ2) is 3.49. The van der Waals surface area contributed by atoms with Crippen LogP contribution in [0.4, 0.5) is 4.39 Å². The molecule has 0 N–H and O–H groups in total. The molecule has 0 amide bonds. The minimum atomic E-state index is -0.867. The molecule has 0 nitrogen and oxygen atoms in total. The van der Waals surface area contributed by atoms with E-state index in [1.807, 2.05) is 24.3 Å². The molecule has 1 unspecified atom stereocenters. The largest absolute Gasteiger partial charge is 0.243 e. The van der Waals surface area contributed by atoms with Crippen LogP contribution >= 0.6 is 0 Å². The number of hydrogen-bond donors (Lipinski definition) is 0. The van der Waals surface area contributed by atoms with Crippen LogP contribution in [0.2, 0.25) is 0 Å². The van der Waals surface area contributed by atoms with Crippen molar-refractivity contribution < 1.29 is 4.39 Å². The van der Waals surface area contributed by atoms with Crippen LogP contribution in [-0.2, 0) is 5.41 Å². The van der Waals surface area contributed by atoms with E-state index in [4.69, 9.17) is 0 Å². The van der Waals surface area contributed by atoms with Crippen molar-refractivity contribution in [3.05, 3.63) is 35.4 Å². The van der Waals surface area contributed by atoms with Crippen molar-refractivity contribution in [1.29, 1.82) is 0 Å². The van der Waals surface area contributed by atoms with Gasteiger partial charge in [-0.1, -0.05) is 45.0 Å². The number of benzene rings is 1. The van der Waals surface area contributed by atoms with Crippen LogP contribution in [-0.4, -0.2) is 0 Å². The molecule has 72 valence electrons. The van der Waals surface area contributed by atoms with Gasteiger partial charge in [-0.3, -0.25) is 0 Å². The van der Waals surface area contributed by atoms with Gasteiger partial charge in [0, 0.05) is 0 Å². The second-order valence-corrected chi connectivity index (χ2v) is 4.49.